The molecule has 0 rings (SSSR count). The molecule has 4 heteroatoms. The van der Waals surface area contributed by atoms with Crippen LogP contribution in [-0.4, -0.2) is 19.4 Å². The molecule has 0 aromatic carbocycles. The van der Waals surface area contributed by atoms with E-state index < -0.39 is 7.60 Å². The summed E-state index contributed by atoms with van der Waals surface area (Å²) in [6.45, 7) is 7.81. The van der Waals surface area contributed by atoms with Crippen LogP contribution in [0.25, 0.3) is 0 Å². The van der Waals surface area contributed by atoms with Crippen molar-refractivity contribution in [2.75, 3.05) is 19.4 Å². The van der Waals surface area contributed by atoms with Crippen LogP contribution in [0, 0.1) is 0 Å². The number of rotatable bonds is 29. The zero-order valence-electron chi connectivity index (χ0n) is 23.8. The molecule has 0 spiro atoms. The number of hydrogen-bond donors (Lipinski definition) is 0. The molecule has 0 saturated carbocycles. The molecule has 0 aliphatic heterocycles. The highest BCUT2D eigenvalue weighted by Crippen LogP contribution is 2.49. The van der Waals surface area contributed by atoms with Crippen LogP contribution in [0.5, 0.6) is 0 Å². The van der Waals surface area contributed by atoms with Crippen molar-refractivity contribution in [3.63, 3.8) is 0 Å². The van der Waals surface area contributed by atoms with Gasteiger partial charge in [0.15, 0.2) is 0 Å². The van der Waals surface area contributed by atoms with Gasteiger partial charge in [-0.05, 0) is 19.3 Å². The molecule has 0 unspecified atom stereocenters. The van der Waals surface area contributed by atoms with Crippen LogP contribution in [-0.2, 0) is 13.6 Å². The number of unbranched alkanes of at least 4 members (excludes halogenated alkanes) is 21. The second-order valence-corrected chi connectivity index (χ2v) is 12.6. The van der Waals surface area contributed by atoms with Crippen LogP contribution in [0.3, 0.4) is 0 Å². The van der Waals surface area contributed by atoms with Gasteiger partial charge in [0, 0.05) is 0 Å². The summed E-state index contributed by atoms with van der Waals surface area (Å²) in [7, 11) is -2.89. The van der Waals surface area contributed by atoms with E-state index in [4.69, 9.17) is 9.05 Å². The summed E-state index contributed by atoms with van der Waals surface area (Å²) in [5.74, 6) is 0. The molecule has 0 N–H and O–H groups in total. The molecular weight excluding hydrogens is 439 g/mol. The van der Waals surface area contributed by atoms with Gasteiger partial charge in [-0.15, -0.1) is 0 Å². The zero-order valence-corrected chi connectivity index (χ0v) is 24.7. The smallest absolute Gasteiger partial charge is 0.309 e. The van der Waals surface area contributed by atoms with Gasteiger partial charge in [0.2, 0.25) is 0 Å². The van der Waals surface area contributed by atoms with Crippen molar-refractivity contribution in [1.29, 1.82) is 0 Å². The Hall–Kier alpha value is 0.150. The maximum atomic E-state index is 13.1. The first-order valence-electron chi connectivity index (χ1n) is 15.6. The van der Waals surface area contributed by atoms with Gasteiger partial charge in [0.1, 0.15) is 0 Å². The second-order valence-electron chi connectivity index (χ2n) is 10.4. The van der Waals surface area contributed by atoms with Crippen LogP contribution in [0.2, 0.25) is 0 Å². The average molecular weight is 503 g/mol. The van der Waals surface area contributed by atoms with E-state index in [1.54, 1.807) is 0 Å². The third-order valence-corrected chi connectivity index (χ3v) is 8.87. The van der Waals surface area contributed by atoms with E-state index in [-0.39, 0.29) is 0 Å². The molecule has 0 fully saturated rings. The van der Waals surface area contributed by atoms with Crippen molar-refractivity contribution < 1.29 is 13.6 Å². The Bertz CT molecular complexity index is 411. The Kier molecular flexibility index (Phi) is 27.9. The fourth-order valence-electron chi connectivity index (χ4n) is 4.48. The molecule has 3 nitrogen and oxygen atoms in total. The van der Waals surface area contributed by atoms with E-state index >= 15 is 0 Å². The maximum Gasteiger partial charge on any atom is 0.330 e. The topological polar surface area (TPSA) is 35.5 Å². The molecule has 0 amide bonds. The van der Waals surface area contributed by atoms with Gasteiger partial charge in [-0.2, -0.15) is 0 Å². The average Bonchev–Trinajstić information content (AvgIpc) is 2.84. The van der Waals surface area contributed by atoms with Crippen LogP contribution in [0.15, 0.2) is 0 Å². The van der Waals surface area contributed by atoms with Crippen LogP contribution in [0.4, 0.5) is 0 Å². The summed E-state index contributed by atoms with van der Waals surface area (Å²) < 4.78 is 24.6. The van der Waals surface area contributed by atoms with Crippen molar-refractivity contribution in [3.8, 4) is 0 Å². The first kappa shape index (κ1) is 34.1. The van der Waals surface area contributed by atoms with Crippen LogP contribution < -0.4 is 0 Å². The SMILES string of the molecule is CCCCCCCCCCCCCCCCCCCCP(=O)(OCCCCC)OCCCCC. The lowest BCUT2D eigenvalue weighted by Gasteiger charge is -2.18. The monoisotopic (exact) mass is 502 g/mol. The summed E-state index contributed by atoms with van der Waals surface area (Å²) in [6, 6.07) is 0. The second kappa shape index (κ2) is 27.7. The van der Waals surface area contributed by atoms with E-state index in [0.29, 0.717) is 19.4 Å². The van der Waals surface area contributed by atoms with E-state index in [0.717, 1.165) is 51.4 Å². The minimum Gasteiger partial charge on any atom is -0.309 e. The molecule has 206 valence electrons. The minimum atomic E-state index is -2.89. The highest BCUT2D eigenvalue weighted by Gasteiger charge is 2.23. The lowest BCUT2D eigenvalue weighted by molar-refractivity contribution is 0.197. The van der Waals surface area contributed by atoms with Gasteiger partial charge >= 0.3 is 7.60 Å². The van der Waals surface area contributed by atoms with E-state index in [1.807, 2.05) is 0 Å². The standard InChI is InChI=1S/C30H63O3P/c1-4-7-10-11-12-13-14-15-16-17-18-19-20-21-22-23-24-27-30-34(31,32-28-25-8-5-2)33-29-26-9-6-3/h4-30H2,1-3H3. The first-order valence-corrected chi connectivity index (χ1v) is 17.3. The van der Waals surface area contributed by atoms with Crippen LogP contribution >= 0.6 is 7.60 Å². The predicted molar refractivity (Wildman–Crippen MR) is 152 cm³/mol. The largest absolute Gasteiger partial charge is 0.330 e. The lowest BCUT2D eigenvalue weighted by atomic mass is 10.0. The first-order chi connectivity index (χ1) is 16.7. The van der Waals surface area contributed by atoms with Gasteiger partial charge in [-0.1, -0.05) is 156 Å². The molecular formula is C30H63O3P. The summed E-state index contributed by atoms with van der Waals surface area (Å²) in [6.07, 6.45) is 31.8. The summed E-state index contributed by atoms with van der Waals surface area (Å²) in [4.78, 5) is 0. The molecule has 0 heterocycles. The quantitative estimate of drug-likeness (QED) is 0.0753. The molecule has 0 aliphatic rings. The van der Waals surface area contributed by atoms with Crippen molar-refractivity contribution in [2.24, 2.45) is 0 Å². The summed E-state index contributed by atoms with van der Waals surface area (Å²) in [5.41, 5.74) is 0. The van der Waals surface area contributed by atoms with E-state index in [1.165, 1.54) is 103 Å². The van der Waals surface area contributed by atoms with Crippen molar-refractivity contribution in [3.05, 3.63) is 0 Å². The molecule has 0 radical (unpaired) electrons. The fourth-order valence-corrected chi connectivity index (χ4v) is 6.24. The Labute approximate surface area is 215 Å². The Morgan fingerprint density at radius 3 is 0.971 bits per heavy atom. The summed E-state index contributed by atoms with van der Waals surface area (Å²) >= 11 is 0. The van der Waals surface area contributed by atoms with Gasteiger partial charge < -0.3 is 9.05 Å². The highest BCUT2D eigenvalue weighted by molar-refractivity contribution is 7.53. The molecule has 0 aromatic heterocycles. The normalized spacial score (nSPS) is 12.0. The van der Waals surface area contributed by atoms with Gasteiger partial charge in [0.05, 0.1) is 19.4 Å². The molecule has 0 bridgehead atoms. The third kappa shape index (κ3) is 25.2. The van der Waals surface area contributed by atoms with Crippen molar-refractivity contribution >= 4 is 7.60 Å². The maximum absolute atomic E-state index is 13.1. The minimum absolute atomic E-state index is 0.581. The number of hydrogen-bond acceptors (Lipinski definition) is 3. The van der Waals surface area contributed by atoms with Crippen molar-refractivity contribution in [2.45, 2.75) is 175 Å². The predicted octanol–water partition coefficient (Wildman–Crippen LogP) is 11.6. The van der Waals surface area contributed by atoms with E-state index in [2.05, 4.69) is 20.8 Å². The summed E-state index contributed by atoms with van der Waals surface area (Å²) in [5, 5.41) is 0. The van der Waals surface area contributed by atoms with Crippen LogP contribution in [0.1, 0.15) is 175 Å². The molecule has 0 aliphatic carbocycles. The van der Waals surface area contributed by atoms with Gasteiger partial charge in [-0.25, -0.2) is 0 Å². The van der Waals surface area contributed by atoms with Gasteiger partial charge in [-0.3, -0.25) is 4.57 Å². The Morgan fingerprint density at radius 2 is 0.647 bits per heavy atom. The molecule has 0 aromatic rings. The lowest BCUT2D eigenvalue weighted by Crippen LogP contribution is -2.03. The molecule has 34 heavy (non-hydrogen) atoms. The Balaban J connectivity index is 3.57. The molecule has 0 saturated heterocycles. The van der Waals surface area contributed by atoms with Crippen molar-refractivity contribution in [1.82, 2.24) is 0 Å². The fraction of sp³-hybridized carbons (Fsp3) is 1.00. The molecule has 0 atom stereocenters. The highest BCUT2D eigenvalue weighted by atomic mass is 31.2. The Morgan fingerprint density at radius 1 is 0.382 bits per heavy atom. The van der Waals surface area contributed by atoms with Gasteiger partial charge in [0.25, 0.3) is 0 Å². The van der Waals surface area contributed by atoms with E-state index in [9.17, 15) is 4.57 Å². The third-order valence-electron chi connectivity index (χ3n) is 6.86. The zero-order chi connectivity index (χ0) is 25.0.